The first-order valence-electron chi connectivity index (χ1n) is 9.74. The number of benzene rings is 1. The second-order valence-electron chi connectivity index (χ2n) is 8.43. The quantitative estimate of drug-likeness (QED) is 0.845. The first-order valence-corrected chi connectivity index (χ1v) is 9.74. The summed E-state index contributed by atoms with van der Waals surface area (Å²) in [7, 11) is 0. The number of hydrogen-bond acceptors (Lipinski definition) is 5. The van der Waals surface area contributed by atoms with Crippen LogP contribution >= 0.6 is 0 Å². The minimum absolute atomic E-state index is 0.128. The maximum atomic E-state index is 12.7. The third-order valence-electron chi connectivity index (χ3n) is 5.24. The second kappa shape index (κ2) is 8.21. The van der Waals surface area contributed by atoms with Crippen LogP contribution in [0.5, 0.6) is 0 Å². The third-order valence-corrected chi connectivity index (χ3v) is 5.24. The Bertz CT molecular complexity index is 751. The predicted octanol–water partition coefficient (Wildman–Crippen LogP) is 2.89. The lowest BCUT2D eigenvalue weighted by atomic mass is 9.89. The van der Waals surface area contributed by atoms with Crippen LogP contribution in [-0.2, 0) is 16.6 Å². The van der Waals surface area contributed by atoms with Gasteiger partial charge in [-0.1, -0.05) is 56.3 Å². The summed E-state index contributed by atoms with van der Waals surface area (Å²) in [6, 6.07) is 10.4. The van der Waals surface area contributed by atoms with E-state index in [2.05, 4.69) is 43.0 Å². The molecule has 27 heavy (non-hydrogen) atoms. The summed E-state index contributed by atoms with van der Waals surface area (Å²) in [5.74, 6) is 2.14. The van der Waals surface area contributed by atoms with E-state index < -0.39 is 0 Å². The average Bonchev–Trinajstić information content (AvgIpc) is 3.29. The van der Waals surface area contributed by atoms with Crippen LogP contribution in [0.25, 0.3) is 0 Å². The predicted molar refractivity (Wildman–Crippen MR) is 104 cm³/mol. The molecule has 0 spiro atoms. The maximum Gasteiger partial charge on any atom is 0.226 e. The number of likely N-dealkylation sites (tertiary alicyclic amines) is 1. The van der Waals surface area contributed by atoms with Crippen molar-refractivity contribution in [2.24, 2.45) is 11.7 Å². The first-order chi connectivity index (χ1) is 12.9. The Hall–Kier alpha value is -2.21. The smallest absolute Gasteiger partial charge is 0.226 e. The average molecular weight is 370 g/mol. The van der Waals surface area contributed by atoms with Crippen molar-refractivity contribution in [3.05, 3.63) is 47.6 Å². The molecule has 1 fully saturated rings. The highest BCUT2D eigenvalue weighted by molar-refractivity contribution is 5.76. The zero-order valence-corrected chi connectivity index (χ0v) is 16.5. The summed E-state index contributed by atoms with van der Waals surface area (Å²) in [6.07, 6.45) is 1.83. The molecule has 2 N–H and O–H groups in total. The number of aromatic nitrogens is 2. The first kappa shape index (κ1) is 19.5. The molecule has 0 unspecified atom stereocenters. The number of nitrogens with zero attached hydrogens (tertiary/aromatic N) is 3. The van der Waals surface area contributed by atoms with Gasteiger partial charge < -0.3 is 15.2 Å². The van der Waals surface area contributed by atoms with Gasteiger partial charge in [-0.05, 0) is 24.4 Å². The Morgan fingerprint density at radius 1 is 1.26 bits per heavy atom. The molecule has 6 heteroatoms. The Morgan fingerprint density at radius 2 is 2.00 bits per heavy atom. The maximum absolute atomic E-state index is 12.7. The fourth-order valence-corrected chi connectivity index (χ4v) is 3.60. The molecule has 1 amide bonds. The number of aryl methyl sites for hydroxylation is 1. The number of hydrogen-bond donors (Lipinski definition) is 1. The molecule has 2 heterocycles. The van der Waals surface area contributed by atoms with E-state index in [0.717, 1.165) is 13.1 Å². The van der Waals surface area contributed by atoms with Crippen LogP contribution in [0.4, 0.5) is 0 Å². The lowest BCUT2D eigenvalue weighted by molar-refractivity contribution is -0.130. The minimum atomic E-state index is -0.128. The van der Waals surface area contributed by atoms with Crippen molar-refractivity contribution in [3.8, 4) is 0 Å². The molecule has 1 aromatic heterocycles. The fourth-order valence-electron chi connectivity index (χ4n) is 3.60. The van der Waals surface area contributed by atoms with Gasteiger partial charge in [0.05, 0.1) is 0 Å². The van der Waals surface area contributed by atoms with Crippen molar-refractivity contribution in [2.75, 3.05) is 19.6 Å². The van der Waals surface area contributed by atoms with Gasteiger partial charge in [0, 0.05) is 37.3 Å². The van der Waals surface area contributed by atoms with Gasteiger partial charge in [-0.25, -0.2) is 0 Å². The Labute approximate surface area is 161 Å². The Balaban J connectivity index is 1.52. The molecule has 1 aliphatic heterocycles. The molecular formula is C21H30N4O2. The summed E-state index contributed by atoms with van der Waals surface area (Å²) in [5.41, 5.74) is 7.11. The summed E-state index contributed by atoms with van der Waals surface area (Å²) in [5, 5.41) is 4.03. The van der Waals surface area contributed by atoms with E-state index in [1.807, 2.05) is 23.1 Å². The van der Waals surface area contributed by atoms with Crippen molar-refractivity contribution in [2.45, 2.75) is 51.4 Å². The van der Waals surface area contributed by atoms with Crippen LogP contribution in [-0.4, -0.2) is 40.6 Å². The van der Waals surface area contributed by atoms with Gasteiger partial charge >= 0.3 is 0 Å². The zero-order chi connectivity index (χ0) is 19.4. The molecule has 0 radical (unpaired) electrons. The van der Waals surface area contributed by atoms with E-state index >= 15 is 0 Å². The molecular weight excluding hydrogens is 340 g/mol. The Kier molecular flexibility index (Phi) is 5.95. The van der Waals surface area contributed by atoms with Crippen LogP contribution in [0.1, 0.15) is 56.8 Å². The van der Waals surface area contributed by atoms with Crippen molar-refractivity contribution in [1.29, 1.82) is 0 Å². The molecule has 1 aromatic carbocycles. The SMILES string of the molecule is CC(C)(C)c1noc(CCCC(=O)N2C[C@@H](CN)[C@H](c3ccccc3)C2)n1. The van der Waals surface area contributed by atoms with Gasteiger partial charge in [-0.15, -0.1) is 0 Å². The molecule has 6 nitrogen and oxygen atoms in total. The topological polar surface area (TPSA) is 85.2 Å². The number of carbonyl (C=O) groups is 1. The summed E-state index contributed by atoms with van der Waals surface area (Å²) < 4.78 is 5.31. The Morgan fingerprint density at radius 3 is 2.63 bits per heavy atom. The highest BCUT2D eigenvalue weighted by Crippen LogP contribution is 2.32. The summed E-state index contributed by atoms with van der Waals surface area (Å²) in [6.45, 7) is 8.24. The van der Waals surface area contributed by atoms with Gasteiger partial charge in [0.1, 0.15) is 0 Å². The van der Waals surface area contributed by atoms with Gasteiger partial charge in [0.25, 0.3) is 0 Å². The fraction of sp³-hybridized carbons (Fsp3) is 0.571. The number of nitrogens with two attached hydrogens (primary N) is 1. The molecule has 1 saturated heterocycles. The van der Waals surface area contributed by atoms with Gasteiger partial charge in [-0.2, -0.15) is 4.98 Å². The van der Waals surface area contributed by atoms with E-state index in [9.17, 15) is 4.79 Å². The van der Waals surface area contributed by atoms with Crippen molar-refractivity contribution in [1.82, 2.24) is 15.0 Å². The van der Waals surface area contributed by atoms with Crippen LogP contribution in [0.15, 0.2) is 34.9 Å². The van der Waals surface area contributed by atoms with Crippen LogP contribution in [0.3, 0.4) is 0 Å². The summed E-state index contributed by atoms with van der Waals surface area (Å²) in [4.78, 5) is 19.1. The molecule has 2 aromatic rings. The normalized spacial score (nSPS) is 20.2. The van der Waals surface area contributed by atoms with Gasteiger partial charge in [0.2, 0.25) is 11.8 Å². The highest BCUT2D eigenvalue weighted by atomic mass is 16.5. The third kappa shape index (κ3) is 4.75. The number of amides is 1. The van der Waals surface area contributed by atoms with E-state index in [1.165, 1.54) is 5.56 Å². The molecule has 0 aliphatic carbocycles. The number of rotatable bonds is 6. The van der Waals surface area contributed by atoms with E-state index in [1.54, 1.807) is 0 Å². The van der Waals surface area contributed by atoms with E-state index in [0.29, 0.717) is 49.4 Å². The molecule has 2 atom stereocenters. The van der Waals surface area contributed by atoms with Gasteiger partial charge in [0.15, 0.2) is 5.82 Å². The van der Waals surface area contributed by atoms with Crippen LogP contribution < -0.4 is 5.73 Å². The molecule has 0 bridgehead atoms. The van der Waals surface area contributed by atoms with E-state index in [-0.39, 0.29) is 11.3 Å². The molecule has 1 aliphatic rings. The number of carbonyl (C=O) groups excluding carboxylic acids is 1. The van der Waals surface area contributed by atoms with E-state index in [4.69, 9.17) is 10.3 Å². The summed E-state index contributed by atoms with van der Waals surface area (Å²) >= 11 is 0. The lowest BCUT2D eigenvalue weighted by Gasteiger charge is -2.16. The lowest BCUT2D eigenvalue weighted by Crippen LogP contribution is -2.29. The molecule has 0 saturated carbocycles. The largest absolute Gasteiger partial charge is 0.342 e. The van der Waals surface area contributed by atoms with Crippen LogP contribution in [0, 0.1) is 5.92 Å². The zero-order valence-electron chi connectivity index (χ0n) is 16.5. The van der Waals surface area contributed by atoms with Crippen molar-refractivity contribution < 1.29 is 9.32 Å². The monoisotopic (exact) mass is 370 g/mol. The minimum Gasteiger partial charge on any atom is -0.342 e. The van der Waals surface area contributed by atoms with Crippen LogP contribution in [0.2, 0.25) is 0 Å². The van der Waals surface area contributed by atoms with Crippen molar-refractivity contribution >= 4 is 5.91 Å². The van der Waals surface area contributed by atoms with Crippen molar-refractivity contribution in [3.63, 3.8) is 0 Å². The standard InChI is InChI=1S/C21H30N4O2/c1-21(2,3)20-23-18(27-24-20)10-7-11-19(26)25-13-16(12-22)17(14-25)15-8-5-4-6-9-15/h4-6,8-9,16-17H,7,10-14,22H2,1-3H3/t16-,17+/m1/s1. The highest BCUT2D eigenvalue weighted by Gasteiger charge is 2.34. The van der Waals surface area contributed by atoms with Gasteiger partial charge in [-0.3, -0.25) is 4.79 Å². The molecule has 146 valence electrons. The second-order valence-corrected chi connectivity index (χ2v) is 8.43. The molecule has 3 rings (SSSR count).